The largest absolute Gasteiger partial charge is 0.469 e. The van der Waals surface area contributed by atoms with E-state index in [-0.39, 0.29) is 40.2 Å². The summed E-state index contributed by atoms with van der Waals surface area (Å²) >= 11 is 0. The second kappa shape index (κ2) is 8.71. The van der Waals surface area contributed by atoms with Gasteiger partial charge < -0.3 is 4.74 Å². The van der Waals surface area contributed by atoms with Gasteiger partial charge in [0.1, 0.15) is 5.82 Å². The van der Waals surface area contributed by atoms with Crippen molar-refractivity contribution >= 4 is 16.0 Å². The summed E-state index contributed by atoms with van der Waals surface area (Å²) < 4.78 is 83.4. The number of esters is 1. The van der Waals surface area contributed by atoms with Crippen molar-refractivity contribution in [1.29, 1.82) is 0 Å². The lowest BCUT2D eigenvalue weighted by Crippen LogP contribution is -2.12. The molecule has 0 spiro atoms. The molecule has 2 aromatic carbocycles. The van der Waals surface area contributed by atoms with Gasteiger partial charge in [0.25, 0.3) is 0 Å². The molecule has 1 heterocycles. The Morgan fingerprint density at radius 3 is 2.19 bits per heavy atom. The van der Waals surface area contributed by atoms with Crippen LogP contribution in [0.5, 0.6) is 0 Å². The number of hydrogen-bond donors (Lipinski definition) is 1. The number of aromatic nitrogens is 2. The van der Waals surface area contributed by atoms with Crippen molar-refractivity contribution in [2.75, 3.05) is 7.11 Å². The highest BCUT2D eigenvalue weighted by Crippen LogP contribution is 2.38. The molecule has 3 aromatic rings. The van der Waals surface area contributed by atoms with Crippen LogP contribution in [0.3, 0.4) is 0 Å². The van der Waals surface area contributed by atoms with Gasteiger partial charge in [-0.25, -0.2) is 22.6 Å². The van der Waals surface area contributed by atoms with E-state index in [9.17, 15) is 30.8 Å². The second-order valence-electron chi connectivity index (χ2n) is 6.71. The van der Waals surface area contributed by atoms with Gasteiger partial charge in [-0.2, -0.15) is 18.3 Å². The summed E-state index contributed by atoms with van der Waals surface area (Å²) in [4.78, 5) is 11.4. The normalized spacial score (nSPS) is 12.1. The predicted molar refractivity (Wildman–Crippen MR) is 106 cm³/mol. The van der Waals surface area contributed by atoms with E-state index in [1.165, 1.54) is 24.3 Å². The molecular weight excluding hydrogens is 454 g/mol. The number of ether oxygens (including phenoxy) is 1. The maximum Gasteiger partial charge on any atom is 0.435 e. The fourth-order valence-corrected chi connectivity index (χ4v) is 3.63. The van der Waals surface area contributed by atoms with Gasteiger partial charge in [-0.05, 0) is 55.0 Å². The monoisotopic (exact) mass is 471 g/mol. The maximum absolute atomic E-state index is 13.8. The number of hydrogen-bond acceptors (Lipinski definition) is 5. The number of alkyl halides is 3. The van der Waals surface area contributed by atoms with E-state index in [4.69, 9.17) is 5.14 Å². The van der Waals surface area contributed by atoms with Crippen LogP contribution in [-0.4, -0.2) is 31.3 Å². The predicted octanol–water partition coefficient (Wildman–Crippen LogP) is 3.45. The lowest BCUT2D eigenvalue weighted by molar-refractivity contribution is -0.143. The topological polar surface area (TPSA) is 104 Å². The summed E-state index contributed by atoms with van der Waals surface area (Å²) in [7, 11) is -2.90. The van der Waals surface area contributed by atoms with Crippen LogP contribution in [0.2, 0.25) is 0 Å². The SMILES string of the molecule is COC(=O)CCc1c(C(F)(F)F)nn(-c2ccc(S(N)(=O)=O)cc2)c1-c1ccc(F)cc1. The van der Waals surface area contributed by atoms with E-state index in [2.05, 4.69) is 9.84 Å². The van der Waals surface area contributed by atoms with Crippen LogP contribution in [0.25, 0.3) is 16.9 Å². The van der Waals surface area contributed by atoms with Crippen LogP contribution < -0.4 is 5.14 Å². The zero-order valence-corrected chi connectivity index (χ0v) is 17.4. The summed E-state index contributed by atoms with van der Waals surface area (Å²) in [5, 5.41) is 8.78. The number of sulfonamides is 1. The molecular formula is C20H17F4N3O4S. The first-order chi connectivity index (χ1) is 14.9. The molecule has 32 heavy (non-hydrogen) atoms. The Kier molecular flexibility index (Phi) is 6.37. The Morgan fingerprint density at radius 2 is 1.69 bits per heavy atom. The average molecular weight is 471 g/mol. The molecule has 3 rings (SSSR count). The number of nitrogens with two attached hydrogens (primary N) is 1. The minimum Gasteiger partial charge on any atom is -0.469 e. The van der Waals surface area contributed by atoms with Crippen molar-refractivity contribution in [2.24, 2.45) is 5.14 Å². The lowest BCUT2D eigenvalue weighted by Gasteiger charge is -2.11. The third kappa shape index (κ3) is 4.97. The Balaban J connectivity index is 2.26. The standard InChI is InChI=1S/C20H17F4N3O4S/c1-31-17(28)11-10-16-18(12-2-4-13(21)5-3-12)27(26-19(16)20(22,23)24)14-6-8-15(9-7-14)32(25,29)30/h2-9H,10-11H2,1H3,(H2,25,29,30). The molecule has 0 saturated carbocycles. The molecule has 0 fully saturated rings. The first-order valence-electron chi connectivity index (χ1n) is 9.07. The summed E-state index contributed by atoms with van der Waals surface area (Å²) in [6.07, 6.45) is -5.54. The smallest absolute Gasteiger partial charge is 0.435 e. The van der Waals surface area contributed by atoms with Crippen molar-refractivity contribution in [3.8, 4) is 16.9 Å². The van der Waals surface area contributed by atoms with E-state index < -0.39 is 33.7 Å². The molecule has 0 amide bonds. The molecule has 0 aliphatic rings. The van der Waals surface area contributed by atoms with Gasteiger partial charge in [0, 0.05) is 17.5 Å². The molecule has 0 radical (unpaired) electrons. The first kappa shape index (κ1) is 23.4. The number of halogens is 4. The fourth-order valence-electron chi connectivity index (χ4n) is 3.11. The van der Waals surface area contributed by atoms with Crippen molar-refractivity contribution in [2.45, 2.75) is 23.9 Å². The van der Waals surface area contributed by atoms with Gasteiger partial charge in [-0.15, -0.1) is 0 Å². The number of nitrogens with zero attached hydrogens (tertiary/aromatic N) is 2. The Morgan fingerprint density at radius 1 is 1.09 bits per heavy atom. The fraction of sp³-hybridized carbons (Fsp3) is 0.200. The number of benzene rings is 2. The maximum atomic E-state index is 13.8. The van der Waals surface area contributed by atoms with Crippen LogP contribution in [0, 0.1) is 5.82 Å². The van der Waals surface area contributed by atoms with E-state index in [1.807, 2.05) is 0 Å². The Hall–Kier alpha value is -3.25. The number of carbonyl (C=O) groups excluding carboxylic acids is 1. The minimum atomic E-state index is -4.86. The molecule has 0 aliphatic carbocycles. The Bertz CT molecular complexity index is 1240. The van der Waals surface area contributed by atoms with Crippen LogP contribution in [-0.2, 0) is 32.2 Å². The molecule has 0 aliphatic heterocycles. The van der Waals surface area contributed by atoms with Crippen LogP contribution in [0.1, 0.15) is 17.7 Å². The first-order valence-corrected chi connectivity index (χ1v) is 10.6. The van der Waals surface area contributed by atoms with Gasteiger partial charge in [-0.1, -0.05) is 0 Å². The van der Waals surface area contributed by atoms with Gasteiger partial charge in [0.2, 0.25) is 10.0 Å². The molecule has 1 aromatic heterocycles. The third-order valence-corrected chi connectivity index (χ3v) is 5.52. The van der Waals surface area contributed by atoms with Gasteiger partial charge in [-0.3, -0.25) is 4.79 Å². The molecule has 7 nitrogen and oxygen atoms in total. The molecule has 0 unspecified atom stereocenters. The molecule has 12 heteroatoms. The summed E-state index contributed by atoms with van der Waals surface area (Å²) in [5.41, 5.74) is -1.22. The molecule has 2 N–H and O–H groups in total. The summed E-state index contributed by atoms with van der Waals surface area (Å²) in [6.45, 7) is 0. The van der Waals surface area contributed by atoms with Crippen molar-refractivity contribution in [3.63, 3.8) is 0 Å². The molecule has 0 bridgehead atoms. The highest BCUT2D eigenvalue weighted by atomic mass is 32.2. The van der Waals surface area contributed by atoms with Crippen molar-refractivity contribution < 1.29 is 35.5 Å². The quantitative estimate of drug-likeness (QED) is 0.438. The van der Waals surface area contributed by atoms with Gasteiger partial charge in [0.05, 0.1) is 23.4 Å². The van der Waals surface area contributed by atoms with Gasteiger partial charge in [0.15, 0.2) is 5.69 Å². The highest BCUT2D eigenvalue weighted by Gasteiger charge is 2.39. The van der Waals surface area contributed by atoms with E-state index >= 15 is 0 Å². The highest BCUT2D eigenvalue weighted by molar-refractivity contribution is 7.89. The number of rotatable bonds is 6. The zero-order chi connectivity index (χ0) is 23.7. The summed E-state index contributed by atoms with van der Waals surface area (Å²) in [6, 6.07) is 9.45. The molecule has 0 saturated heterocycles. The van der Waals surface area contributed by atoms with Crippen LogP contribution in [0.15, 0.2) is 53.4 Å². The zero-order valence-electron chi connectivity index (χ0n) is 16.6. The van der Waals surface area contributed by atoms with Crippen LogP contribution >= 0.6 is 0 Å². The van der Waals surface area contributed by atoms with Crippen LogP contribution in [0.4, 0.5) is 17.6 Å². The van der Waals surface area contributed by atoms with Gasteiger partial charge >= 0.3 is 12.1 Å². The lowest BCUT2D eigenvalue weighted by atomic mass is 10.0. The summed E-state index contributed by atoms with van der Waals surface area (Å²) in [5.74, 6) is -1.31. The number of primary sulfonamides is 1. The van der Waals surface area contributed by atoms with E-state index in [1.54, 1.807) is 0 Å². The second-order valence-corrected chi connectivity index (χ2v) is 8.27. The van der Waals surface area contributed by atoms with Crippen molar-refractivity contribution in [3.05, 3.63) is 65.6 Å². The number of carbonyl (C=O) groups is 1. The minimum absolute atomic E-state index is 0.0235. The van der Waals surface area contributed by atoms with E-state index in [0.29, 0.717) is 0 Å². The van der Waals surface area contributed by atoms with Crippen molar-refractivity contribution in [1.82, 2.24) is 9.78 Å². The average Bonchev–Trinajstić information content (AvgIpc) is 3.12. The third-order valence-electron chi connectivity index (χ3n) is 4.59. The molecule has 0 atom stereocenters. The Labute approximate surface area is 180 Å². The molecule has 170 valence electrons. The number of methoxy groups -OCH3 is 1. The van der Waals surface area contributed by atoms with E-state index in [0.717, 1.165) is 36.1 Å².